The molecule has 36 heavy (non-hydrogen) atoms. The van der Waals surface area contributed by atoms with E-state index in [1.165, 1.54) is 0 Å². The molecule has 0 aliphatic heterocycles. The highest BCUT2D eigenvalue weighted by molar-refractivity contribution is 9.10. The van der Waals surface area contributed by atoms with Crippen molar-refractivity contribution in [3.8, 4) is 5.75 Å². The van der Waals surface area contributed by atoms with Gasteiger partial charge in [-0.2, -0.15) is 0 Å². The summed E-state index contributed by atoms with van der Waals surface area (Å²) in [6.07, 6.45) is 1.23. The molecule has 0 aliphatic carbocycles. The van der Waals surface area contributed by atoms with E-state index in [1.54, 1.807) is 29.2 Å². The lowest BCUT2D eigenvalue weighted by molar-refractivity contribution is -0.141. The second-order valence-corrected chi connectivity index (χ2v) is 10.3. The molecule has 5 nitrogen and oxygen atoms in total. The summed E-state index contributed by atoms with van der Waals surface area (Å²) in [6.45, 7) is 4.58. The number of amides is 2. The Bertz CT molecular complexity index is 1110. The minimum atomic E-state index is -0.636. The second kappa shape index (κ2) is 14.0. The molecule has 0 unspecified atom stereocenters. The zero-order valence-electron chi connectivity index (χ0n) is 20.6. The minimum absolute atomic E-state index is 0.0341. The average Bonchev–Trinajstić information content (AvgIpc) is 2.86. The molecule has 0 fully saturated rings. The first kappa shape index (κ1) is 27.8. The zero-order chi connectivity index (χ0) is 25.9. The summed E-state index contributed by atoms with van der Waals surface area (Å²) in [5.41, 5.74) is 1.96. The Morgan fingerprint density at radius 2 is 1.61 bits per heavy atom. The number of hydrogen-bond acceptors (Lipinski definition) is 3. The van der Waals surface area contributed by atoms with Crippen LogP contribution in [0.2, 0.25) is 5.02 Å². The third kappa shape index (κ3) is 8.99. The highest BCUT2D eigenvalue weighted by atomic mass is 79.9. The molecule has 0 saturated heterocycles. The molecule has 0 spiro atoms. The van der Waals surface area contributed by atoms with Crippen LogP contribution in [0.5, 0.6) is 5.75 Å². The van der Waals surface area contributed by atoms with Crippen molar-refractivity contribution in [3.63, 3.8) is 0 Å². The van der Waals surface area contributed by atoms with Gasteiger partial charge in [0.25, 0.3) is 0 Å². The average molecular weight is 572 g/mol. The molecule has 0 heterocycles. The first-order valence-electron chi connectivity index (χ1n) is 12.1. The van der Waals surface area contributed by atoms with Crippen molar-refractivity contribution in [2.24, 2.45) is 0 Å². The van der Waals surface area contributed by atoms with Crippen molar-refractivity contribution in [2.75, 3.05) is 6.61 Å². The maximum Gasteiger partial charge on any atom is 0.243 e. The third-order valence-corrected chi connectivity index (χ3v) is 6.37. The number of ether oxygens (including phenoxy) is 1. The fraction of sp³-hybridized carbons (Fsp3) is 0.310. The van der Waals surface area contributed by atoms with E-state index in [9.17, 15) is 9.59 Å². The first-order valence-corrected chi connectivity index (χ1v) is 13.3. The maximum atomic E-state index is 13.6. The van der Waals surface area contributed by atoms with Gasteiger partial charge in [0, 0.05) is 34.9 Å². The maximum absolute atomic E-state index is 13.6. The highest BCUT2D eigenvalue weighted by Gasteiger charge is 2.30. The van der Waals surface area contributed by atoms with Crippen LogP contribution in [-0.4, -0.2) is 35.4 Å². The van der Waals surface area contributed by atoms with Gasteiger partial charge in [-0.1, -0.05) is 70.0 Å². The lowest BCUT2D eigenvalue weighted by Crippen LogP contribution is -2.51. The topological polar surface area (TPSA) is 58.6 Å². The molecule has 0 radical (unpaired) electrons. The van der Waals surface area contributed by atoms with Crippen LogP contribution in [0, 0.1) is 0 Å². The number of hydrogen-bond donors (Lipinski definition) is 1. The van der Waals surface area contributed by atoms with Gasteiger partial charge in [-0.05, 0) is 67.8 Å². The number of benzene rings is 3. The molecule has 0 aliphatic rings. The molecule has 3 rings (SSSR count). The van der Waals surface area contributed by atoms with E-state index < -0.39 is 6.04 Å². The van der Waals surface area contributed by atoms with Crippen LogP contribution in [-0.2, 0) is 22.6 Å². The largest absolute Gasteiger partial charge is 0.494 e. The van der Waals surface area contributed by atoms with Gasteiger partial charge in [0.15, 0.2) is 0 Å². The summed E-state index contributed by atoms with van der Waals surface area (Å²) in [5, 5.41) is 3.65. The molecule has 3 aromatic carbocycles. The lowest BCUT2D eigenvalue weighted by Gasteiger charge is -2.32. The Balaban J connectivity index is 1.77. The summed E-state index contributed by atoms with van der Waals surface area (Å²) < 4.78 is 6.72. The van der Waals surface area contributed by atoms with Gasteiger partial charge >= 0.3 is 0 Å². The Kier molecular flexibility index (Phi) is 10.8. The predicted octanol–water partition coefficient (Wildman–Crippen LogP) is 6.43. The van der Waals surface area contributed by atoms with E-state index in [2.05, 4.69) is 21.2 Å². The summed E-state index contributed by atoms with van der Waals surface area (Å²) in [5.74, 6) is 0.464. The monoisotopic (exact) mass is 570 g/mol. The molecule has 3 aromatic rings. The number of carbonyl (C=O) groups is 2. The number of carbonyl (C=O) groups excluding carboxylic acids is 2. The first-order chi connectivity index (χ1) is 17.3. The standard InChI is InChI=1S/C29H32BrClN2O3/c1-21(2)32-29(35)27(19-22-7-4-3-5-8-22)33(20-23-10-12-24(30)13-11-23)28(34)9-6-18-36-26-16-14-25(31)15-17-26/h3-5,7-8,10-17,21,27H,6,9,18-20H2,1-2H3,(H,32,35)/t27-/m0/s1. The van der Waals surface area contributed by atoms with Crippen LogP contribution in [0.3, 0.4) is 0 Å². The summed E-state index contributed by atoms with van der Waals surface area (Å²) in [4.78, 5) is 28.6. The van der Waals surface area contributed by atoms with Crippen LogP contribution in [0.1, 0.15) is 37.8 Å². The number of nitrogens with zero attached hydrogens (tertiary/aromatic N) is 1. The molecule has 190 valence electrons. The molecular weight excluding hydrogens is 540 g/mol. The van der Waals surface area contributed by atoms with E-state index in [4.69, 9.17) is 16.3 Å². The Morgan fingerprint density at radius 3 is 2.25 bits per heavy atom. The zero-order valence-corrected chi connectivity index (χ0v) is 23.0. The highest BCUT2D eigenvalue weighted by Crippen LogP contribution is 2.19. The summed E-state index contributed by atoms with van der Waals surface area (Å²) in [6, 6.07) is 24.1. The van der Waals surface area contributed by atoms with Gasteiger partial charge in [-0.3, -0.25) is 9.59 Å². The Hall–Kier alpha value is -2.83. The second-order valence-electron chi connectivity index (χ2n) is 8.92. The van der Waals surface area contributed by atoms with Crippen molar-refractivity contribution >= 4 is 39.3 Å². The summed E-state index contributed by atoms with van der Waals surface area (Å²) in [7, 11) is 0. The van der Waals surface area contributed by atoms with Crippen LogP contribution in [0.15, 0.2) is 83.3 Å². The van der Waals surface area contributed by atoms with Gasteiger partial charge in [-0.15, -0.1) is 0 Å². The Morgan fingerprint density at radius 1 is 0.944 bits per heavy atom. The molecule has 1 atom stereocenters. The molecule has 0 aromatic heterocycles. The Labute approximate surface area is 226 Å². The molecule has 7 heteroatoms. The third-order valence-electron chi connectivity index (χ3n) is 5.59. The molecular formula is C29H32BrClN2O3. The van der Waals surface area contributed by atoms with E-state index >= 15 is 0 Å². The van der Waals surface area contributed by atoms with E-state index in [0.717, 1.165) is 15.6 Å². The summed E-state index contributed by atoms with van der Waals surface area (Å²) >= 11 is 9.39. The van der Waals surface area contributed by atoms with Crippen LogP contribution >= 0.6 is 27.5 Å². The fourth-order valence-corrected chi connectivity index (χ4v) is 4.20. The predicted molar refractivity (Wildman–Crippen MR) is 148 cm³/mol. The van der Waals surface area contributed by atoms with Crippen molar-refractivity contribution in [1.82, 2.24) is 10.2 Å². The number of nitrogens with one attached hydrogen (secondary N) is 1. The van der Waals surface area contributed by atoms with Crippen molar-refractivity contribution in [1.29, 1.82) is 0 Å². The lowest BCUT2D eigenvalue weighted by atomic mass is 10.0. The van der Waals surface area contributed by atoms with E-state index in [1.807, 2.05) is 68.4 Å². The van der Waals surface area contributed by atoms with Crippen LogP contribution < -0.4 is 10.1 Å². The molecule has 0 saturated carbocycles. The molecule has 2 amide bonds. The van der Waals surface area contributed by atoms with Crippen LogP contribution in [0.25, 0.3) is 0 Å². The number of rotatable bonds is 12. The van der Waals surface area contributed by atoms with Gasteiger partial charge in [-0.25, -0.2) is 0 Å². The van der Waals surface area contributed by atoms with Gasteiger partial charge in [0.05, 0.1) is 6.61 Å². The van der Waals surface area contributed by atoms with Gasteiger partial charge in [0.1, 0.15) is 11.8 Å². The van der Waals surface area contributed by atoms with E-state index in [-0.39, 0.29) is 24.3 Å². The minimum Gasteiger partial charge on any atom is -0.494 e. The van der Waals surface area contributed by atoms with Crippen LogP contribution in [0.4, 0.5) is 0 Å². The van der Waals surface area contributed by atoms with E-state index in [0.29, 0.717) is 36.8 Å². The van der Waals surface area contributed by atoms with Gasteiger partial charge in [0.2, 0.25) is 11.8 Å². The number of halogens is 2. The fourth-order valence-electron chi connectivity index (χ4n) is 3.81. The van der Waals surface area contributed by atoms with Crippen molar-refractivity contribution in [3.05, 3.63) is 99.5 Å². The molecule has 0 bridgehead atoms. The van der Waals surface area contributed by atoms with Gasteiger partial charge < -0.3 is 15.0 Å². The SMILES string of the molecule is CC(C)NC(=O)[C@H](Cc1ccccc1)N(Cc1ccc(Br)cc1)C(=O)CCCOc1ccc(Cl)cc1. The smallest absolute Gasteiger partial charge is 0.243 e. The van der Waals surface area contributed by atoms with Crippen molar-refractivity contribution in [2.45, 2.75) is 51.7 Å². The molecule has 1 N–H and O–H groups in total. The quantitative estimate of drug-likeness (QED) is 0.255. The van der Waals surface area contributed by atoms with Crippen molar-refractivity contribution < 1.29 is 14.3 Å². The normalized spacial score (nSPS) is 11.7.